The highest BCUT2D eigenvalue weighted by molar-refractivity contribution is 7.92. The van der Waals surface area contributed by atoms with Gasteiger partial charge in [0.25, 0.3) is 10.0 Å². The molecule has 0 spiro atoms. The number of benzene rings is 3. The number of nitrogens with one attached hydrogen (secondary N) is 1. The molecule has 0 bridgehead atoms. The minimum Gasteiger partial charge on any atom is -0.493 e. The van der Waals surface area contributed by atoms with Gasteiger partial charge in [-0.05, 0) is 57.5 Å². The fourth-order valence-corrected chi connectivity index (χ4v) is 5.65. The van der Waals surface area contributed by atoms with E-state index in [-0.39, 0.29) is 29.1 Å². The zero-order valence-electron chi connectivity index (χ0n) is 23.7. The van der Waals surface area contributed by atoms with Gasteiger partial charge in [0, 0.05) is 18.7 Å². The van der Waals surface area contributed by atoms with Crippen LogP contribution < -0.4 is 19.1 Å². The first-order chi connectivity index (χ1) is 19.0. The lowest BCUT2D eigenvalue weighted by Gasteiger charge is -2.32. The fraction of sp³-hybridized carbons (Fsp3) is 0.333. The van der Waals surface area contributed by atoms with Crippen LogP contribution in [0.2, 0.25) is 0 Å². The SMILES string of the molecule is COc1ccc(N(CC(=O)N(Cc2cccc(C)c2)C(C)C(=O)NC(C)C)S(=O)(=O)c2ccccc2)cc1OC. The largest absolute Gasteiger partial charge is 0.493 e. The summed E-state index contributed by atoms with van der Waals surface area (Å²) in [5.74, 6) is -0.154. The quantitative estimate of drug-likeness (QED) is 0.353. The third-order valence-electron chi connectivity index (χ3n) is 6.30. The van der Waals surface area contributed by atoms with E-state index in [0.29, 0.717) is 11.5 Å². The van der Waals surface area contributed by atoms with Gasteiger partial charge in [-0.2, -0.15) is 0 Å². The van der Waals surface area contributed by atoms with Crippen LogP contribution >= 0.6 is 0 Å². The molecule has 3 aromatic carbocycles. The number of anilines is 1. The second-order valence-electron chi connectivity index (χ2n) is 9.71. The van der Waals surface area contributed by atoms with Crippen LogP contribution in [0, 0.1) is 6.92 Å². The lowest BCUT2D eigenvalue weighted by molar-refractivity contribution is -0.139. The highest BCUT2D eigenvalue weighted by atomic mass is 32.2. The van der Waals surface area contributed by atoms with Crippen molar-refractivity contribution in [3.8, 4) is 11.5 Å². The Morgan fingerprint density at radius 2 is 1.55 bits per heavy atom. The molecule has 1 atom stereocenters. The summed E-state index contributed by atoms with van der Waals surface area (Å²) in [5.41, 5.74) is 2.04. The maximum absolute atomic E-state index is 14.0. The summed E-state index contributed by atoms with van der Waals surface area (Å²) in [6, 6.07) is 19.1. The Labute approximate surface area is 236 Å². The molecule has 0 fully saturated rings. The molecule has 3 rings (SSSR count). The molecule has 0 saturated carbocycles. The van der Waals surface area contributed by atoms with Gasteiger partial charge in [0.15, 0.2) is 11.5 Å². The van der Waals surface area contributed by atoms with Crippen LogP contribution in [0.4, 0.5) is 5.69 Å². The van der Waals surface area contributed by atoms with Gasteiger partial charge in [0.1, 0.15) is 12.6 Å². The molecule has 1 unspecified atom stereocenters. The standard InChI is InChI=1S/C30H37N3O6S/c1-21(2)31-30(35)23(4)32(19-24-12-10-11-22(3)17-24)29(34)20-33(40(36,37)26-13-8-7-9-14-26)25-15-16-27(38-5)28(18-25)39-6/h7-18,21,23H,19-20H2,1-6H3,(H,31,35). The van der Waals surface area contributed by atoms with Gasteiger partial charge in [-0.25, -0.2) is 8.42 Å². The highest BCUT2D eigenvalue weighted by Crippen LogP contribution is 2.34. The van der Waals surface area contributed by atoms with Crippen LogP contribution in [0.1, 0.15) is 31.9 Å². The van der Waals surface area contributed by atoms with Gasteiger partial charge in [0.05, 0.1) is 24.8 Å². The number of carbonyl (C=O) groups excluding carboxylic acids is 2. The Morgan fingerprint density at radius 3 is 2.15 bits per heavy atom. The Kier molecular flexibility index (Phi) is 10.2. The van der Waals surface area contributed by atoms with Crippen molar-refractivity contribution in [3.63, 3.8) is 0 Å². The zero-order valence-corrected chi connectivity index (χ0v) is 24.6. The normalized spacial score (nSPS) is 12.0. The molecule has 9 nitrogen and oxygen atoms in total. The first-order valence-corrected chi connectivity index (χ1v) is 14.4. The van der Waals surface area contributed by atoms with Crippen molar-refractivity contribution >= 4 is 27.5 Å². The third-order valence-corrected chi connectivity index (χ3v) is 8.09. The molecule has 2 amide bonds. The smallest absolute Gasteiger partial charge is 0.264 e. The Hall–Kier alpha value is -4.05. The highest BCUT2D eigenvalue weighted by Gasteiger charge is 2.33. The van der Waals surface area contributed by atoms with Crippen molar-refractivity contribution in [1.82, 2.24) is 10.2 Å². The maximum atomic E-state index is 14.0. The Morgan fingerprint density at radius 1 is 0.875 bits per heavy atom. The maximum Gasteiger partial charge on any atom is 0.264 e. The molecule has 10 heteroatoms. The Balaban J connectivity index is 2.08. The minimum absolute atomic E-state index is 0.0217. The second kappa shape index (κ2) is 13.3. The number of aryl methyl sites for hydroxylation is 1. The monoisotopic (exact) mass is 567 g/mol. The predicted molar refractivity (Wildman–Crippen MR) is 155 cm³/mol. The van der Waals surface area contributed by atoms with E-state index in [2.05, 4.69) is 5.32 Å². The molecule has 40 heavy (non-hydrogen) atoms. The molecule has 1 N–H and O–H groups in total. The number of amides is 2. The summed E-state index contributed by atoms with van der Waals surface area (Å²) in [6.45, 7) is 6.83. The molecular weight excluding hydrogens is 530 g/mol. The van der Waals surface area contributed by atoms with Crippen LogP contribution in [-0.2, 0) is 26.2 Å². The van der Waals surface area contributed by atoms with E-state index >= 15 is 0 Å². The van der Waals surface area contributed by atoms with Crippen molar-refractivity contribution in [1.29, 1.82) is 0 Å². The van der Waals surface area contributed by atoms with Crippen LogP contribution in [0.25, 0.3) is 0 Å². The van der Waals surface area contributed by atoms with Crippen LogP contribution in [0.15, 0.2) is 77.7 Å². The van der Waals surface area contributed by atoms with E-state index < -0.39 is 28.5 Å². The Bertz CT molecular complexity index is 1430. The topological polar surface area (TPSA) is 105 Å². The van der Waals surface area contributed by atoms with Crippen molar-refractivity contribution in [2.45, 2.75) is 51.2 Å². The van der Waals surface area contributed by atoms with Crippen molar-refractivity contribution in [2.75, 3.05) is 25.1 Å². The number of ether oxygens (including phenoxy) is 2. The summed E-state index contributed by atoms with van der Waals surface area (Å²) in [4.78, 5) is 28.4. The number of carbonyl (C=O) groups is 2. The summed E-state index contributed by atoms with van der Waals surface area (Å²) in [6.07, 6.45) is 0. The molecule has 0 aliphatic rings. The number of methoxy groups -OCH3 is 2. The molecule has 0 radical (unpaired) electrons. The number of sulfonamides is 1. The van der Waals surface area contributed by atoms with Crippen molar-refractivity contribution < 1.29 is 27.5 Å². The fourth-order valence-electron chi connectivity index (χ4n) is 4.22. The molecule has 0 aliphatic carbocycles. The average Bonchev–Trinajstić information content (AvgIpc) is 2.93. The predicted octanol–water partition coefficient (Wildman–Crippen LogP) is 4.15. The molecule has 0 saturated heterocycles. The number of hydrogen-bond acceptors (Lipinski definition) is 6. The summed E-state index contributed by atoms with van der Waals surface area (Å²) < 4.78 is 39.5. The molecule has 0 aromatic heterocycles. The molecular formula is C30H37N3O6S. The zero-order chi connectivity index (χ0) is 29.4. The van der Waals surface area contributed by atoms with E-state index in [0.717, 1.165) is 15.4 Å². The van der Waals surface area contributed by atoms with Gasteiger partial charge in [-0.15, -0.1) is 0 Å². The molecule has 0 heterocycles. The van der Waals surface area contributed by atoms with Gasteiger partial charge in [-0.3, -0.25) is 13.9 Å². The summed E-state index contributed by atoms with van der Waals surface area (Å²) >= 11 is 0. The lowest BCUT2D eigenvalue weighted by atomic mass is 10.1. The van der Waals surface area contributed by atoms with Crippen LogP contribution in [0.3, 0.4) is 0 Å². The lowest BCUT2D eigenvalue weighted by Crippen LogP contribution is -2.52. The van der Waals surface area contributed by atoms with Crippen LogP contribution in [0.5, 0.6) is 11.5 Å². The first kappa shape index (κ1) is 30.5. The second-order valence-corrected chi connectivity index (χ2v) is 11.6. The summed E-state index contributed by atoms with van der Waals surface area (Å²) in [5, 5.41) is 2.85. The molecule has 214 valence electrons. The summed E-state index contributed by atoms with van der Waals surface area (Å²) in [7, 11) is -1.26. The van der Waals surface area contributed by atoms with Gasteiger partial charge < -0.3 is 19.7 Å². The number of nitrogens with zero attached hydrogens (tertiary/aromatic N) is 2. The van der Waals surface area contributed by atoms with Gasteiger partial charge in [-0.1, -0.05) is 48.0 Å². The van der Waals surface area contributed by atoms with Gasteiger partial charge >= 0.3 is 0 Å². The molecule has 0 aliphatic heterocycles. The van der Waals surface area contributed by atoms with Crippen LogP contribution in [-0.4, -0.2) is 58.0 Å². The van der Waals surface area contributed by atoms with E-state index in [9.17, 15) is 18.0 Å². The van der Waals surface area contributed by atoms with Crippen molar-refractivity contribution in [3.05, 3.63) is 83.9 Å². The van der Waals surface area contributed by atoms with E-state index in [4.69, 9.17) is 9.47 Å². The molecule has 3 aromatic rings. The van der Waals surface area contributed by atoms with E-state index in [1.54, 1.807) is 37.3 Å². The first-order valence-electron chi connectivity index (χ1n) is 12.9. The van der Waals surface area contributed by atoms with E-state index in [1.807, 2.05) is 45.0 Å². The van der Waals surface area contributed by atoms with E-state index in [1.165, 1.54) is 37.3 Å². The average molecular weight is 568 g/mol. The third kappa shape index (κ3) is 7.32. The number of hydrogen-bond donors (Lipinski definition) is 1. The van der Waals surface area contributed by atoms with Crippen molar-refractivity contribution in [2.24, 2.45) is 0 Å². The van der Waals surface area contributed by atoms with Gasteiger partial charge in [0.2, 0.25) is 11.8 Å². The number of rotatable bonds is 12. The minimum atomic E-state index is -4.18.